The van der Waals surface area contributed by atoms with Crippen LogP contribution in [0, 0.1) is 0 Å². The SMILES string of the molecule is CCCC/C=C/CC/C=C/C(O)C(COC1OC(CO)C(OC2OC(CO)C(OC3OC(CO)C(O)C(O)C3O)C(O)C2O)C(O)C1O)NC(C)=O. The lowest BCUT2D eigenvalue weighted by atomic mass is 9.96. The Bertz CT molecular complexity index is 1100. The van der Waals surface area contributed by atoms with Crippen molar-refractivity contribution in [1.82, 2.24) is 5.32 Å². The first-order valence-corrected chi connectivity index (χ1v) is 17.5. The predicted octanol–water partition coefficient (Wildman–Crippen LogP) is -4.60. The summed E-state index contributed by atoms with van der Waals surface area (Å²) in [5.41, 5.74) is 0. The molecule has 0 bridgehead atoms. The molecule has 3 aliphatic rings. The molecular formula is C33H57NO18. The molecule has 12 N–H and O–H groups in total. The lowest BCUT2D eigenvalue weighted by Crippen LogP contribution is -2.66. The van der Waals surface area contributed by atoms with E-state index in [0.29, 0.717) is 6.42 Å². The topological polar surface area (TPSA) is 307 Å². The summed E-state index contributed by atoms with van der Waals surface area (Å²) < 4.78 is 33.3. The minimum atomic E-state index is -1.97. The van der Waals surface area contributed by atoms with E-state index in [-0.39, 0.29) is 6.61 Å². The third-order valence-electron chi connectivity index (χ3n) is 9.04. The van der Waals surface area contributed by atoms with E-state index in [1.807, 2.05) is 0 Å². The number of amides is 1. The molecule has 0 radical (unpaired) electrons. The largest absolute Gasteiger partial charge is 0.394 e. The van der Waals surface area contributed by atoms with Crippen molar-refractivity contribution in [1.29, 1.82) is 0 Å². The molecule has 0 aromatic carbocycles. The van der Waals surface area contributed by atoms with Gasteiger partial charge in [0, 0.05) is 6.92 Å². The van der Waals surface area contributed by atoms with Gasteiger partial charge in [0.05, 0.1) is 38.6 Å². The Morgan fingerprint density at radius 1 is 0.673 bits per heavy atom. The van der Waals surface area contributed by atoms with Crippen molar-refractivity contribution in [3.63, 3.8) is 0 Å². The van der Waals surface area contributed by atoms with E-state index in [1.165, 1.54) is 13.0 Å². The summed E-state index contributed by atoms with van der Waals surface area (Å²) in [4.78, 5) is 11.8. The number of rotatable bonds is 19. The number of nitrogens with one attached hydrogen (secondary N) is 1. The third-order valence-corrected chi connectivity index (χ3v) is 9.04. The summed E-state index contributed by atoms with van der Waals surface area (Å²) in [6.07, 6.45) is -14.8. The number of unbranched alkanes of at least 4 members (excludes halogenated alkanes) is 3. The van der Waals surface area contributed by atoms with Gasteiger partial charge in [-0.15, -0.1) is 0 Å². The van der Waals surface area contributed by atoms with Gasteiger partial charge in [0.1, 0.15) is 73.2 Å². The van der Waals surface area contributed by atoms with Crippen LogP contribution >= 0.6 is 0 Å². The number of carbonyl (C=O) groups is 1. The quantitative estimate of drug-likeness (QED) is 0.0436. The third kappa shape index (κ3) is 11.9. The van der Waals surface area contributed by atoms with Gasteiger partial charge in [0.15, 0.2) is 18.9 Å². The maximum Gasteiger partial charge on any atom is 0.217 e. The van der Waals surface area contributed by atoms with E-state index < -0.39 is 130 Å². The fourth-order valence-electron chi connectivity index (χ4n) is 5.99. The molecule has 3 aliphatic heterocycles. The van der Waals surface area contributed by atoms with E-state index in [2.05, 4.69) is 24.4 Å². The van der Waals surface area contributed by atoms with Crippen molar-refractivity contribution in [2.24, 2.45) is 0 Å². The van der Waals surface area contributed by atoms with Gasteiger partial charge < -0.3 is 89.9 Å². The molecular weight excluding hydrogens is 698 g/mol. The number of hydrogen-bond donors (Lipinski definition) is 12. The Labute approximate surface area is 301 Å². The second kappa shape index (κ2) is 22.0. The normalized spacial score (nSPS) is 39.9. The maximum absolute atomic E-state index is 11.8. The van der Waals surface area contributed by atoms with Gasteiger partial charge in [-0.2, -0.15) is 0 Å². The van der Waals surface area contributed by atoms with Crippen molar-refractivity contribution in [3.05, 3.63) is 24.3 Å². The molecule has 0 aromatic rings. The second-order valence-electron chi connectivity index (χ2n) is 13.1. The minimum Gasteiger partial charge on any atom is -0.394 e. The van der Waals surface area contributed by atoms with E-state index in [0.717, 1.165) is 25.7 Å². The Balaban J connectivity index is 1.61. The Morgan fingerprint density at radius 2 is 1.15 bits per heavy atom. The molecule has 17 unspecified atom stereocenters. The molecule has 1 amide bonds. The van der Waals surface area contributed by atoms with E-state index in [9.17, 15) is 61.0 Å². The molecule has 0 spiro atoms. The smallest absolute Gasteiger partial charge is 0.217 e. The highest BCUT2D eigenvalue weighted by molar-refractivity contribution is 5.73. The molecule has 52 heavy (non-hydrogen) atoms. The summed E-state index contributed by atoms with van der Waals surface area (Å²) >= 11 is 0. The first-order valence-electron chi connectivity index (χ1n) is 17.5. The average molecular weight is 756 g/mol. The monoisotopic (exact) mass is 755 g/mol. The zero-order valence-electron chi connectivity index (χ0n) is 29.3. The van der Waals surface area contributed by atoms with Gasteiger partial charge in [-0.1, -0.05) is 44.1 Å². The van der Waals surface area contributed by atoms with Crippen LogP contribution in [0.15, 0.2) is 24.3 Å². The lowest BCUT2D eigenvalue weighted by Gasteiger charge is -2.48. The Hall–Kier alpha value is -1.73. The lowest BCUT2D eigenvalue weighted by molar-refractivity contribution is -0.379. The molecule has 3 heterocycles. The zero-order chi connectivity index (χ0) is 38.5. The van der Waals surface area contributed by atoms with Gasteiger partial charge in [-0.05, 0) is 19.3 Å². The predicted molar refractivity (Wildman–Crippen MR) is 176 cm³/mol. The molecule has 0 aromatic heterocycles. The van der Waals surface area contributed by atoms with Gasteiger partial charge >= 0.3 is 0 Å². The highest BCUT2D eigenvalue weighted by Gasteiger charge is 2.53. The number of aliphatic hydroxyl groups is 11. The summed E-state index contributed by atoms with van der Waals surface area (Å²) in [5.74, 6) is -0.470. The van der Waals surface area contributed by atoms with Crippen molar-refractivity contribution in [2.75, 3.05) is 26.4 Å². The number of ether oxygens (including phenoxy) is 6. The van der Waals surface area contributed by atoms with Crippen molar-refractivity contribution < 1.29 is 89.4 Å². The van der Waals surface area contributed by atoms with Crippen LogP contribution in [0.25, 0.3) is 0 Å². The molecule has 3 fully saturated rings. The van der Waals surface area contributed by atoms with Crippen LogP contribution in [-0.4, -0.2) is 193 Å². The molecule has 302 valence electrons. The van der Waals surface area contributed by atoms with Gasteiger partial charge in [0.2, 0.25) is 5.91 Å². The molecule has 0 aliphatic carbocycles. The fraction of sp³-hybridized carbons (Fsp3) is 0.848. The van der Waals surface area contributed by atoms with Crippen LogP contribution in [0.2, 0.25) is 0 Å². The summed E-state index contributed by atoms with van der Waals surface area (Å²) in [5, 5.41) is 117. The van der Waals surface area contributed by atoms with Crippen LogP contribution in [0.1, 0.15) is 46.0 Å². The Morgan fingerprint density at radius 3 is 1.69 bits per heavy atom. The first-order chi connectivity index (χ1) is 24.8. The van der Waals surface area contributed by atoms with E-state index in [4.69, 9.17) is 28.4 Å². The summed E-state index contributed by atoms with van der Waals surface area (Å²) in [7, 11) is 0. The van der Waals surface area contributed by atoms with Gasteiger partial charge in [0.25, 0.3) is 0 Å². The highest BCUT2D eigenvalue weighted by atomic mass is 16.8. The number of carbonyl (C=O) groups excluding carboxylic acids is 1. The van der Waals surface area contributed by atoms with Crippen LogP contribution < -0.4 is 5.32 Å². The molecule has 19 heteroatoms. The maximum atomic E-state index is 11.8. The number of aliphatic hydroxyl groups excluding tert-OH is 11. The molecule has 3 saturated heterocycles. The molecule has 19 nitrogen and oxygen atoms in total. The molecule has 3 rings (SSSR count). The van der Waals surface area contributed by atoms with Crippen molar-refractivity contribution >= 4 is 5.91 Å². The van der Waals surface area contributed by atoms with Gasteiger partial charge in [-0.25, -0.2) is 0 Å². The average Bonchev–Trinajstić information content (AvgIpc) is 3.12. The standard InChI is InChI=1S/C33H57NO18/c1-3-4-5-6-7-8-9-10-11-18(39)17(34-16(2)38)15-47-31-27(45)24(42)29(20(13-36)49-31)52-33-28(46)25(43)30(21(14-37)50-33)51-32-26(44)23(41)22(40)19(12-35)48-32/h6-7,10-11,17-33,35-37,39-46H,3-5,8-9,12-15H2,1-2H3,(H,34,38)/b7-6+,11-10+. The summed E-state index contributed by atoms with van der Waals surface area (Å²) in [6, 6.07) is -0.982. The number of hydrogen-bond acceptors (Lipinski definition) is 18. The van der Waals surface area contributed by atoms with Crippen LogP contribution in [-0.2, 0) is 33.2 Å². The first kappa shape index (κ1) is 44.7. The van der Waals surface area contributed by atoms with Gasteiger partial charge in [-0.3, -0.25) is 4.79 Å². The van der Waals surface area contributed by atoms with E-state index >= 15 is 0 Å². The van der Waals surface area contributed by atoms with Crippen LogP contribution in [0.3, 0.4) is 0 Å². The second-order valence-corrected chi connectivity index (χ2v) is 13.1. The van der Waals surface area contributed by atoms with Crippen LogP contribution in [0.5, 0.6) is 0 Å². The van der Waals surface area contributed by atoms with Crippen LogP contribution in [0.4, 0.5) is 0 Å². The minimum absolute atomic E-state index is 0.384. The van der Waals surface area contributed by atoms with Crippen molar-refractivity contribution in [2.45, 2.75) is 150 Å². The number of allylic oxidation sites excluding steroid dienone is 3. The highest BCUT2D eigenvalue weighted by Crippen LogP contribution is 2.32. The van der Waals surface area contributed by atoms with E-state index in [1.54, 1.807) is 6.08 Å². The fourth-order valence-corrected chi connectivity index (χ4v) is 5.99. The van der Waals surface area contributed by atoms with Crippen molar-refractivity contribution in [3.8, 4) is 0 Å². The molecule has 0 saturated carbocycles. The molecule has 17 atom stereocenters. The Kier molecular flexibility index (Phi) is 18.9. The summed E-state index contributed by atoms with van der Waals surface area (Å²) in [6.45, 7) is 0.544. The zero-order valence-corrected chi connectivity index (χ0v) is 29.3.